The van der Waals surface area contributed by atoms with Gasteiger partial charge in [0.15, 0.2) is 0 Å². The Bertz CT molecular complexity index is 355. The van der Waals surface area contributed by atoms with Crippen molar-refractivity contribution < 1.29 is 0 Å². The number of nitrogens with two attached hydrogens (primary N) is 1. The maximum absolute atomic E-state index is 5.45. The molecule has 1 rings (SSSR count). The van der Waals surface area contributed by atoms with E-state index >= 15 is 0 Å². The van der Waals surface area contributed by atoms with Crippen molar-refractivity contribution in [2.75, 3.05) is 0 Å². The lowest BCUT2D eigenvalue weighted by Gasteiger charge is -1.96. The maximum atomic E-state index is 5.45. The van der Waals surface area contributed by atoms with E-state index in [1.165, 1.54) is 0 Å². The molecule has 1 aromatic heterocycles. The van der Waals surface area contributed by atoms with Crippen LogP contribution in [0.3, 0.4) is 0 Å². The molecule has 14 heavy (non-hydrogen) atoms. The van der Waals surface area contributed by atoms with E-state index in [4.69, 9.17) is 5.73 Å². The Labute approximate surface area is 83.6 Å². The van der Waals surface area contributed by atoms with Crippen molar-refractivity contribution in [1.82, 2.24) is 9.97 Å². The third-order valence-corrected chi connectivity index (χ3v) is 1.50. The summed E-state index contributed by atoms with van der Waals surface area (Å²) in [6, 6.07) is 1.91. The molecule has 1 aromatic rings. The summed E-state index contributed by atoms with van der Waals surface area (Å²) in [5.74, 6) is 0.472. The van der Waals surface area contributed by atoms with Crippen LogP contribution in [0.5, 0.6) is 0 Å². The quantitative estimate of drug-likeness (QED) is 0.721. The first-order chi connectivity index (χ1) is 6.58. The smallest absolute Gasteiger partial charge is 0.249 e. The van der Waals surface area contributed by atoms with Gasteiger partial charge < -0.3 is 5.73 Å². The monoisotopic (exact) mass is 190 g/mol. The van der Waals surface area contributed by atoms with Crippen molar-refractivity contribution in [3.05, 3.63) is 29.2 Å². The zero-order valence-corrected chi connectivity index (χ0v) is 8.65. The summed E-state index contributed by atoms with van der Waals surface area (Å²) in [5, 5.41) is 0. The molecule has 0 aromatic carbocycles. The number of aryl methyl sites for hydroxylation is 2. The first kappa shape index (κ1) is 10.4. The number of aromatic nitrogens is 2. The molecule has 4 heteroatoms. The van der Waals surface area contributed by atoms with Gasteiger partial charge in [-0.05, 0) is 32.9 Å². The summed E-state index contributed by atoms with van der Waals surface area (Å²) in [4.78, 5) is 12.4. The summed E-state index contributed by atoms with van der Waals surface area (Å²) < 4.78 is 0. The van der Waals surface area contributed by atoms with E-state index in [2.05, 4.69) is 15.0 Å². The fourth-order valence-corrected chi connectivity index (χ4v) is 0.987. The Morgan fingerprint density at radius 3 is 2.43 bits per heavy atom. The number of hydrogen-bond donors (Lipinski definition) is 1. The van der Waals surface area contributed by atoms with Gasteiger partial charge in [-0.15, -0.1) is 0 Å². The van der Waals surface area contributed by atoms with Crippen LogP contribution in [0.2, 0.25) is 0 Å². The Hall–Kier alpha value is -1.71. The maximum Gasteiger partial charge on any atom is 0.249 e. The number of rotatable bonds is 2. The normalized spacial score (nSPS) is 12.4. The van der Waals surface area contributed by atoms with Gasteiger partial charge in [0.25, 0.3) is 0 Å². The molecule has 1 heterocycles. The highest BCUT2D eigenvalue weighted by Gasteiger charge is 1.94. The Morgan fingerprint density at radius 1 is 1.36 bits per heavy atom. The van der Waals surface area contributed by atoms with E-state index in [0.717, 1.165) is 11.4 Å². The number of nitrogens with zero attached hydrogens (tertiary/aromatic N) is 3. The molecule has 0 amide bonds. The molecule has 2 N–H and O–H groups in total. The van der Waals surface area contributed by atoms with E-state index in [1.54, 1.807) is 19.2 Å². The minimum atomic E-state index is 0.472. The lowest BCUT2D eigenvalue weighted by atomic mass is 10.4. The number of aliphatic imine (C=N–C) groups is 1. The Morgan fingerprint density at radius 2 is 1.93 bits per heavy atom. The van der Waals surface area contributed by atoms with Crippen LogP contribution in [-0.2, 0) is 0 Å². The van der Waals surface area contributed by atoms with Crippen molar-refractivity contribution in [1.29, 1.82) is 0 Å². The van der Waals surface area contributed by atoms with Crippen LogP contribution < -0.4 is 5.73 Å². The second-order valence-corrected chi connectivity index (χ2v) is 3.14. The SMILES string of the molecule is CC(N)=CC=Nc1nc(C)cc(C)n1. The van der Waals surface area contributed by atoms with E-state index in [-0.39, 0.29) is 0 Å². The van der Waals surface area contributed by atoms with E-state index in [0.29, 0.717) is 11.6 Å². The summed E-state index contributed by atoms with van der Waals surface area (Å²) in [6.45, 7) is 5.63. The van der Waals surface area contributed by atoms with Gasteiger partial charge in [0, 0.05) is 23.3 Å². The molecule has 0 bridgehead atoms. The van der Waals surface area contributed by atoms with Crippen LogP contribution in [-0.4, -0.2) is 16.2 Å². The molecule has 0 aliphatic carbocycles. The molecule has 0 spiro atoms. The second-order valence-electron chi connectivity index (χ2n) is 3.14. The van der Waals surface area contributed by atoms with Crippen LogP contribution in [0, 0.1) is 13.8 Å². The van der Waals surface area contributed by atoms with Gasteiger partial charge in [-0.1, -0.05) is 0 Å². The highest BCUT2D eigenvalue weighted by molar-refractivity contribution is 5.73. The molecular formula is C10H14N4. The summed E-state index contributed by atoms with van der Waals surface area (Å²) in [5.41, 5.74) is 7.98. The van der Waals surface area contributed by atoms with Crippen LogP contribution >= 0.6 is 0 Å². The average Bonchev–Trinajstić information content (AvgIpc) is 2.01. The minimum Gasteiger partial charge on any atom is -0.402 e. The molecule has 0 aliphatic rings. The molecular weight excluding hydrogens is 176 g/mol. The van der Waals surface area contributed by atoms with Gasteiger partial charge in [0.1, 0.15) is 0 Å². The number of allylic oxidation sites excluding steroid dienone is 2. The van der Waals surface area contributed by atoms with Gasteiger partial charge >= 0.3 is 0 Å². The van der Waals surface area contributed by atoms with E-state index < -0.39 is 0 Å². The molecule has 0 aliphatic heterocycles. The van der Waals surface area contributed by atoms with Gasteiger partial charge in [-0.3, -0.25) is 0 Å². The first-order valence-corrected chi connectivity index (χ1v) is 4.36. The molecule has 0 atom stereocenters. The fraction of sp³-hybridized carbons (Fsp3) is 0.300. The topological polar surface area (TPSA) is 64.2 Å². The fourth-order valence-electron chi connectivity index (χ4n) is 0.987. The zero-order chi connectivity index (χ0) is 10.6. The third kappa shape index (κ3) is 3.35. The lowest BCUT2D eigenvalue weighted by Crippen LogP contribution is -1.91. The van der Waals surface area contributed by atoms with Crippen molar-refractivity contribution in [3.63, 3.8) is 0 Å². The van der Waals surface area contributed by atoms with Gasteiger partial charge in [0.05, 0.1) is 0 Å². The van der Waals surface area contributed by atoms with Crippen molar-refractivity contribution in [2.45, 2.75) is 20.8 Å². The summed E-state index contributed by atoms with van der Waals surface area (Å²) >= 11 is 0. The lowest BCUT2D eigenvalue weighted by molar-refractivity contribution is 1.04. The molecule has 74 valence electrons. The van der Waals surface area contributed by atoms with Crippen LogP contribution in [0.25, 0.3) is 0 Å². The summed E-state index contributed by atoms with van der Waals surface area (Å²) in [6.07, 6.45) is 3.31. The molecule has 0 saturated carbocycles. The largest absolute Gasteiger partial charge is 0.402 e. The average molecular weight is 190 g/mol. The molecule has 0 radical (unpaired) electrons. The predicted octanol–water partition coefficient (Wildman–Crippen LogP) is 1.66. The summed E-state index contributed by atoms with van der Waals surface area (Å²) in [7, 11) is 0. The van der Waals surface area contributed by atoms with Crippen molar-refractivity contribution >= 4 is 12.2 Å². The van der Waals surface area contributed by atoms with Gasteiger partial charge in [-0.25, -0.2) is 15.0 Å². The molecule has 4 nitrogen and oxygen atoms in total. The molecule has 0 fully saturated rings. The van der Waals surface area contributed by atoms with Crippen LogP contribution in [0.1, 0.15) is 18.3 Å². The van der Waals surface area contributed by atoms with Crippen LogP contribution in [0.4, 0.5) is 5.95 Å². The highest BCUT2D eigenvalue weighted by atomic mass is 15.0. The first-order valence-electron chi connectivity index (χ1n) is 4.36. The molecule has 0 unspecified atom stereocenters. The van der Waals surface area contributed by atoms with Gasteiger partial charge in [0.2, 0.25) is 5.95 Å². The Balaban J connectivity index is 2.87. The standard InChI is InChI=1S/C10H14N4/c1-7(11)4-5-12-10-13-8(2)6-9(3)14-10/h4-6H,11H2,1-3H3. The predicted molar refractivity (Wildman–Crippen MR) is 57.6 cm³/mol. The minimum absolute atomic E-state index is 0.472. The van der Waals surface area contributed by atoms with E-state index in [9.17, 15) is 0 Å². The van der Waals surface area contributed by atoms with Crippen LogP contribution in [0.15, 0.2) is 22.8 Å². The third-order valence-electron chi connectivity index (χ3n) is 1.50. The van der Waals surface area contributed by atoms with Gasteiger partial charge in [-0.2, -0.15) is 0 Å². The van der Waals surface area contributed by atoms with Crippen molar-refractivity contribution in [2.24, 2.45) is 10.7 Å². The zero-order valence-electron chi connectivity index (χ0n) is 8.65. The number of hydrogen-bond acceptors (Lipinski definition) is 4. The Kier molecular flexibility index (Phi) is 3.34. The second kappa shape index (κ2) is 4.50. The highest BCUT2D eigenvalue weighted by Crippen LogP contribution is 2.05. The van der Waals surface area contributed by atoms with E-state index in [1.807, 2.05) is 19.9 Å². The van der Waals surface area contributed by atoms with Crippen molar-refractivity contribution in [3.8, 4) is 0 Å². The molecule has 0 saturated heterocycles.